The molecule has 24 heavy (non-hydrogen) atoms. The van der Waals surface area contributed by atoms with Crippen molar-refractivity contribution in [2.75, 3.05) is 0 Å². The number of hydrogen-bond donors (Lipinski definition) is 2. The van der Waals surface area contributed by atoms with Crippen LogP contribution in [0, 0.1) is 10.1 Å². The van der Waals surface area contributed by atoms with Gasteiger partial charge in [-0.2, -0.15) is 4.72 Å². The Bertz CT molecular complexity index is 834. The molecule has 0 aromatic heterocycles. The number of carbonyl (C=O) groups is 1. The molecule has 0 aliphatic carbocycles. The number of aliphatic carboxylic acids is 1. The van der Waals surface area contributed by atoms with Gasteiger partial charge < -0.3 is 5.11 Å². The number of rotatable bonds is 7. The van der Waals surface area contributed by atoms with Gasteiger partial charge in [0.2, 0.25) is 10.0 Å². The standard InChI is InChI=1S/C15H14N2O6S/c18-15(19)14(10-11-6-8-12(9-7-11)17(20)21)16-24(22,23)13-4-2-1-3-5-13/h1-9,14,16H,10H2,(H,18,19)/t14-/m0/s1. The average molecular weight is 350 g/mol. The molecule has 2 N–H and O–H groups in total. The third kappa shape index (κ3) is 4.37. The summed E-state index contributed by atoms with van der Waals surface area (Å²) in [6, 6.07) is 11.3. The summed E-state index contributed by atoms with van der Waals surface area (Å²) in [5, 5.41) is 19.9. The lowest BCUT2D eigenvalue weighted by molar-refractivity contribution is -0.384. The first-order valence-electron chi connectivity index (χ1n) is 6.83. The molecule has 0 saturated heterocycles. The minimum Gasteiger partial charge on any atom is -0.480 e. The Labute approximate surface area is 138 Å². The summed E-state index contributed by atoms with van der Waals surface area (Å²) < 4.78 is 26.6. The number of nitrogens with one attached hydrogen (secondary N) is 1. The highest BCUT2D eigenvalue weighted by molar-refractivity contribution is 7.89. The van der Waals surface area contributed by atoms with E-state index < -0.39 is 27.0 Å². The van der Waals surface area contributed by atoms with E-state index in [1.807, 2.05) is 0 Å². The van der Waals surface area contributed by atoms with E-state index in [1.165, 1.54) is 48.5 Å². The quantitative estimate of drug-likeness (QED) is 0.576. The Morgan fingerprint density at radius 2 is 1.71 bits per heavy atom. The zero-order valence-electron chi connectivity index (χ0n) is 12.3. The van der Waals surface area contributed by atoms with Crippen molar-refractivity contribution in [2.45, 2.75) is 17.4 Å². The maximum Gasteiger partial charge on any atom is 0.322 e. The van der Waals surface area contributed by atoms with E-state index in [2.05, 4.69) is 4.72 Å². The number of carboxylic acids is 1. The van der Waals surface area contributed by atoms with Crippen molar-refractivity contribution in [3.05, 3.63) is 70.3 Å². The van der Waals surface area contributed by atoms with E-state index in [-0.39, 0.29) is 17.0 Å². The monoisotopic (exact) mass is 350 g/mol. The molecule has 0 radical (unpaired) electrons. The number of carboxylic acid groups (broad SMARTS) is 1. The second kappa shape index (κ2) is 7.20. The number of nitrogens with zero attached hydrogens (tertiary/aromatic N) is 1. The highest BCUT2D eigenvalue weighted by Gasteiger charge is 2.25. The maximum atomic E-state index is 12.2. The molecule has 0 bridgehead atoms. The van der Waals surface area contributed by atoms with Crippen molar-refractivity contribution >= 4 is 21.7 Å². The largest absolute Gasteiger partial charge is 0.480 e. The molecule has 126 valence electrons. The van der Waals surface area contributed by atoms with E-state index in [4.69, 9.17) is 0 Å². The van der Waals surface area contributed by atoms with Crippen molar-refractivity contribution in [1.29, 1.82) is 0 Å². The van der Waals surface area contributed by atoms with Crippen LogP contribution in [-0.4, -0.2) is 30.5 Å². The molecule has 0 spiro atoms. The van der Waals surface area contributed by atoms with Gasteiger partial charge in [0.1, 0.15) is 6.04 Å². The van der Waals surface area contributed by atoms with Crippen molar-refractivity contribution in [3.8, 4) is 0 Å². The fraction of sp³-hybridized carbons (Fsp3) is 0.133. The lowest BCUT2D eigenvalue weighted by atomic mass is 10.1. The van der Waals surface area contributed by atoms with Crippen molar-refractivity contribution < 1.29 is 23.2 Å². The van der Waals surface area contributed by atoms with Crippen molar-refractivity contribution in [2.24, 2.45) is 0 Å². The predicted molar refractivity (Wildman–Crippen MR) is 85.0 cm³/mol. The fourth-order valence-corrected chi connectivity index (χ4v) is 3.23. The molecular formula is C15H14N2O6S. The van der Waals surface area contributed by atoms with Gasteiger partial charge in [0.15, 0.2) is 0 Å². The van der Waals surface area contributed by atoms with E-state index in [1.54, 1.807) is 6.07 Å². The number of nitro groups is 1. The molecule has 2 aromatic carbocycles. The van der Waals surface area contributed by atoms with E-state index in [0.717, 1.165) is 0 Å². The summed E-state index contributed by atoms with van der Waals surface area (Å²) in [5.41, 5.74) is 0.333. The molecule has 2 aromatic rings. The Morgan fingerprint density at radius 3 is 2.21 bits per heavy atom. The van der Waals surface area contributed by atoms with E-state index in [9.17, 15) is 28.4 Å². The molecule has 0 saturated carbocycles. The number of hydrogen-bond acceptors (Lipinski definition) is 5. The minimum absolute atomic E-state index is 0.0417. The molecule has 0 heterocycles. The Kier molecular flexibility index (Phi) is 5.27. The third-order valence-electron chi connectivity index (χ3n) is 3.24. The normalized spacial score (nSPS) is 12.5. The zero-order valence-corrected chi connectivity index (χ0v) is 13.1. The zero-order chi connectivity index (χ0) is 17.7. The molecule has 0 aliphatic heterocycles. The number of benzene rings is 2. The van der Waals surface area contributed by atoms with Gasteiger partial charge in [0.25, 0.3) is 5.69 Å². The molecule has 0 fully saturated rings. The molecule has 8 nitrogen and oxygen atoms in total. The first-order chi connectivity index (χ1) is 11.3. The highest BCUT2D eigenvalue weighted by Crippen LogP contribution is 2.15. The minimum atomic E-state index is -3.99. The SMILES string of the molecule is O=C(O)[C@H](Cc1ccc([N+](=O)[O-])cc1)NS(=O)(=O)c1ccccc1. The van der Waals surface area contributed by atoms with E-state index >= 15 is 0 Å². The van der Waals surface area contributed by atoms with Crippen LogP contribution in [0.25, 0.3) is 0 Å². The average Bonchev–Trinajstić information content (AvgIpc) is 2.55. The summed E-state index contributed by atoms with van der Waals surface area (Å²) >= 11 is 0. The molecule has 0 amide bonds. The van der Waals surface area contributed by atoms with E-state index in [0.29, 0.717) is 5.56 Å². The van der Waals surface area contributed by atoms with Gasteiger partial charge in [-0.3, -0.25) is 14.9 Å². The topological polar surface area (TPSA) is 127 Å². The van der Waals surface area contributed by atoms with Gasteiger partial charge in [-0.05, 0) is 24.1 Å². The van der Waals surface area contributed by atoms with Gasteiger partial charge in [-0.1, -0.05) is 30.3 Å². The summed E-state index contributed by atoms with van der Waals surface area (Å²) in [7, 11) is -3.99. The molecule has 9 heteroatoms. The van der Waals surface area contributed by atoms with Crippen molar-refractivity contribution in [1.82, 2.24) is 4.72 Å². The number of non-ortho nitro benzene ring substituents is 1. The van der Waals surface area contributed by atoms with Crippen LogP contribution in [0.3, 0.4) is 0 Å². The second-order valence-electron chi connectivity index (χ2n) is 4.95. The summed E-state index contributed by atoms with van der Waals surface area (Å²) in [5.74, 6) is -1.34. The smallest absolute Gasteiger partial charge is 0.322 e. The van der Waals surface area contributed by atoms with Gasteiger partial charge in [-0.15, -0.1) is 0 Å². The molecule has 0 aliphatic rings. The summed E-state index contributed by atoms with van der Waals surface area (Å²) in [6.07, 6.45) is -0.139. The van der Waals surface area contributed by atoms with Crippen LogP contribution in [0.2, 0.25) is 0 Å². The molecule has 0 unspecified atom stereocenters. The van der Waals surface area contributed by atoms with Gasteiger partial charge in [0.05, 0.1) is 9.82 Å². The van der Waals surface area contributed by atoms with Crippen LogP contribution >= 0.6 is 0 Å². The van der Waals surface area contributed by atoms with Crippen molar-refractivity contribution in [3.63, 3.8) is 0 Å². The maximum absolute atomic E-state index is 12.2. The van der Waals surface area contributed by atoms with Crippen LogP contribution in [0.1, 0.15) is 5.56 Å². The lowest BCUT2D eigenvalue weighted by Crippen LogP contribution is -2.42. The summed E-state index contributed by atoms with van der Waals surface area (Å²) in [4.78, 5) is 21.3. The van der Waals surface area contributed by atoms with Crippen LogP contribution in [0.15, 0.2) is 59.5 Å². The Hall–Kier alpha value is -2.78. The van der Waals surface area contributed by atoms with Crippen LogP contribution in [0.4, 0.5) is 5.69 Å². The lowest BCUT2D eigenvalue weighted by Gasteiger charge is -2.15. The predicted octanol–water partition coefficient (Wildman–Crippen LogP) is 1.57. The van der Waals surface area contributed by atoms with Crippen LogP contribution in [0.5, 0.6) is 0 Å². The number of sulfonamides is 1. The van der Waals surface area contributed by atoms with Gasteiger partial charge in [-0.25, -0.2) is 8.42 Å². The fourth-order valence-electron chi connectivity index (χ4n) is 2.02. The molecule has 2 rings (SSSR count). The second-order valence-corrected chi connectivity index (χ2v) is 6.67. The number of nitro benzene ring substituents is 1. The first kappa shape index (κ1) is 17.6. The van der Waals surface area contributed by atoms with Gasteiger partial charge >= 0.3 is 5.97 Å². The van der Waals surface area contributed by atoms with Gasteiger partial charge in [0, 0.05) is 12.1 Å². The molecule has 1 atom stereocenters. The first-order valence-corrected chi connectivity index (χ1v) is 8.31. The third-order valence-corrected chi connectivity index (χ3v) is 4.72. The van der Waals surface area contributed by atoms with Crippen LogP contribution < -0.4 is 4.72 Å². The van der Waals surface area contributed by atoms with Crippen LogP contribution in [-0.2, 0) is 21.2 Å². The summed E-state index contributed by atoms with van der Waals surface area (Å²) in [6.45, 7) is 0. The highest BCUT2D eigenvalue weighted by atomic mass is 32.2. The Balaban J connectivity index is 2.18. The Morgan fingerprint density at radius 1 is 1.12 bits per heavy atom. The molecular weight excluding hydrogens is 336 g/mol.